The number of hydrogen-bond acceptors (Lipinski definition) is 6. The molecule has 4 N–H and O–H groups in total. The first-order valence-corrected chi connectivity index (χ1v) is 9.74. The monoisotopic (exact) mass is 425 g/mol. The number of carbonyl (C=O) groups is 2. The molecule has 1 aromatic rings. The first kappa shape index (κ1) is 21.1. The van der Waals surface area contributed by atoms with Gasteiger partial charge in [0.05, 0.1) is 30.9 Å². The Morgan fingerprint density at radius 2 is 2.07 bits per heavy atom. The van der Waals surface area contributed by atoms with E-state index in [1.807, 2.05) is 4.90 Å². The molecular formula is C18H24FN5O4S. The Morgan fingerprint density at radius 1 is 1.34 bits per heavy atom. The Hall–Kier alpha value is -2.66. The van der Waals surface area contributed by atoms with Crippen molar-refractivity contribution in [3.05, 3.63) is 24.0 Å². The fourth-order valence-electron chi connectivity index (χ4n) is 3.44. The van der Waals surface area contributed by atoms with Crippen LogP contribution in [0.15, 0.2) is 18.2 Å². The molecule has 1 atom stereocenters. The van der Waals surface area contributed by atoms with E-state index in [0.29, 0.717) is 50.6 Å². The van der Waals surface area contributed by atoms with E-state index in [-0.39, 0.29) is 18.1 Å². The lowest BCUT2D eigenvalue weighted by Crippen LogP contribution is -2.47. The van der Waals surface area contributed by atoms with E-state index in [4.69, 9.17) is 27.8 Å². The molecule has 158 valence electrons. The zero-order chi connectivity index (χ0) is 21.0. The van der Waals surface area contributed by atoms with E-state index in [2.05, 4.69) is 10.2 Å². The number of amides is 1. The summed E-state index contributed by atoms with van der Waals surface area (Å²) in [6, 6.07) is 4.68. The van der Waals surface area contributed by atoms with Gasteiger partial charge in [0.1, 0.15) is 11.9 Å². The smallest absolute Gasteiger partial charge is 0.414 e. The molecule has 0 aliphatic carbocycles. The number of piperazine rings is 1. The van der Waals surface area contributed by atoms with Crippen LogP contribution in [0.1, 0.15) is 6.42 Å². The predicted molar refractivity (Wildman–Crippen MR) is 110 cm³/mol. The molecule has 0 aromatic heterocycles. The number of halogens is 1. The number of cyclic esters (lactones) is 1. The molecule has 0 saturated carbocycles. The molecule has 1 amide bonds. The van der Waals surface area contributed by atoms with Crippen molar-refractivity contribution in [3.63, 3.8) is 0 Å². The second-order valence-electron chi connectivity index (χ2n) is 6.97. The van der Waals surface area contributed by atoms with Gasteiger partial charge in [-0.2, -0.15) is 0 Å². The number of ether oxygens (including phenoxy) is 1. The van der Waals surface area contributed by atoms with Gasteiger partial charge >= 0.3 is 12.1 Å². The summed E-state index contributed by atoms with van der Waals surface area (Å²) in [4.78, 5) is 28.1. The third kappa shape index (κ3) is 5.45. The maximum absolute atomic E-state index is 14.8. The molecule has 2 aliphatic rings. The number of thiocarbonyl (C=S) groups is 1. The first-order chi connectivity index (χ1) is 13.8. The van der Waals surface area contributed by atoms with Gasteiger partial charge < -0.3 is 25.8 Å². The molecule has 11 heteroatoms. The molecule has 0 unspecified atom stereocenters. The minimum Gasteiger partial charge on any atom is -0.481 e. The van der Waals surface area contributed by atoms with Crippen LogP contribution in [0.25, 0.3) is 0 Å². The van der Waals surface area contributed by atoms with Gasteiger partial charge in [-0.1, -0.05) is 0 Å². The van der Waals surface area contributed by atoms with Gasteiger partial charge in [-0.05, 0) is 30.4 Å². The number of carbonyl (C=O) groups excluding carboxylic acids is 1. The molecule has 2 fully saturated rings. The lowest BCUT2D eigenvalue weighted by atomic mass is 10.2. The number of anilines is 2. The fraction of sp³-hybridized carbons (Fsp3) is 0.500. The Morgan fingerprint density at radius 3 is 2.69 bits per heavy atom. The van der Waals surface area contributed by atoms with Crippen molar-refractivity contribution < 1.29 is 23.8 Å². The van der Waals surface area contributed by atoms with Gasteiger partial charge in [0.15, 0.2) is 5.11 Å². The SMILES string of the molecule is NC(=S)NC[C@H]1CN(c2ccc(N3CCN(CCC(=O)O)CC3)c(F)c2)C(=O)O1. The summed E-state index contributed by atoms with van der Waals surface area (Å²) in [7, 11) is 0. The number of rotatable bonds is 7. The van der Waals surface area contributed by atoms with Crippen LogP contribution in [-0.2, 0) is 9.53 Å². The maximum atomic E-state index is 14.8. The predicted octanol–water partition coefficient (Wildman–Crippen LogP) is 0.581. The van der Waals surface area contributed by atoms with E-state index in [0.717, 1.165) is 0 Å². The molecule has 29 heavy (non-hydrogen) atoms. The van der Waals surface area contributed by atoms with Crippen LogP contribution < -0.4 is 20.9 Å². The zero-order valence-corrected chi connectivity index (χ0v) is 16.7. The summed E-state index contributed by atoms with van der Waals surface area (Å²) in [6.45, 7) is 3.62. The number of hydrogen-bond donors (Lipinski definition) is 3. The summed E-state index contributed by atoms with van der Waals surface area (Å²) in [5.41, 5.74) is 6.27. The van der Waals surface area contributed by atoms with E-state index < -0.39 is 24.0 Å². The Balaban J connectivity index is 1.59. The summed E-state index contributed by atoms with van der Waals surface area (Å²) in [5.74, 6) is -1.24. The van der Waals surface area contributed by atoms with Crippen LogP contribution in [0.4, 0.5) is 20.6 Å². The highest BCUT2D eigenvalue weighted by Gasteiger charge is 2.33. The molecule has 0 bridgehead atoms. The van der Waals surface area contributed by atoms with Crippen LogP contribution in [0, 0.1) is 5.82 Å². The summed E-state index contributed by atoms with van der Waals surface area (Å²) < 4.78 is 20.0. The van der Waals surface area contributed by atoms with E-state index in [1.54, 1.807) is 12.1 Å². The summed E-state index contributed by atoms with van der Waals surface area (Å²) in [5, 5.41) is 11.7. The van der Waals surface area contributed by atoms with Crippen LogP contribution >= 0.6 is 12.2 Å². The maximum Gasteiger partial charge on any atom is 0.414 e. The number of nitrogens with one attached hydrogen (secondary N) is 1. The number of nitrogens with two attached hydrogens (primary N) is 1. The Bertz CT molecular complexity index is 788. The zero-order valence-electron chi connectivity index (χ0n) is 15.8. The molecule has 2 saturated heterocycles. The largest absolute Gasteiger partial charge is 0.481 e. The highest BCUT2D eigenvalue weighted by molar-refractivity contribution is 7.80. The molecule has 0 spiro atoms. The molecule has 0 radical (unpaired) electrons. The minimum absolute atomic E-state index is 0.0998. The standard InChI is InChI=1S/C18H24FN5O4S/c19-14-9-12(24-11-13(28-18(24)27)10-21-17(20)29)1-2-15(14)23-7-5-22(6-8-23)4-3-16(25)26/h1-2,9,13H,3-8,10-11H2,(H,25,26)(H3,20,21,29)/t13-/m0/s1. The van der Waals surface area contributed by atoms with Gasteiger partial charge in [-0.3, -0.25) is 14.6 Å². The number of benzene rings is 1. The Labute approximate surface area is 173 Å². The number of aliphatic carboxylic acids is 1. The molecule has 2 heterocycles. The van der Waals surface area contributed by atoms with Crippen molar-refractivity contribution >= 4 is 40.8 Å². The average molecular weight is 425 g/mol. The van der Waals surface area contributed by atoms with Crippen molar-refractivity contribution in [2.24, 2.45) is 5.73 Å². The highest BCUT2D eigenvalue weighted by Crippen LogP contribution is 2.28. The van der Waals surface area contributed by atoms with Crippen molar-refractivity contribution in [2.75, 3.05) is 55.6 Å². The highest BCUT2D eigenvalue weighted by atomic mass is 32.1. The molecular weight excluding hydrogens is 401 g/mol. The number of nitrogens with zero attached hydrogens (tertiary/aromatic N) is 3. The second kappa shape index (κ2) is 9.23. The van der Waals surface area contributed by atoms with E-state index >= 15 is 0 Å². The quantitative estimate of drug-likeness (QED) is 0.540. The van der Waals surface area contributed by atoms with Gasteiger partial charge in [-0.15, -0.1) is 0 Å². The number of carboxylic acids is 1. The van der Waals surface area contributed by atoms with Crippen LogP contribution in [-0.4, -0.2) is 79.1 Å². The normalized spacial score (nSPS) is 19.9. The third-order valence-electron chi connectivity index (χ3n) is 4.98. The first-order valence-electron chi connectivity index (χ1n) is 9.33. The topological polar surface area (TPSA) is 111 Å². The van der Waals surface area contributed by atoms with E-state index in [9.17, 15) is 14.0 Å². The second-order valence-corrected chi connectivity index (χ2v) is 7.41. The van der Waals surface area contributed by atoms with Gasteiger partial charge in [0.2, 0.25) is 0 Å². The van der Waals surface area contributed by atoms with Crippen LogP contribution in [0.2, 0.25) is 0 Å². The minimum atomic E-state index is -0.821. The average Bonchev–Trinajstić information content (AvgIpc) is 3.06. The molecule has 3 rings (SSSR count). The fourth-order valence-corrected chi connectivity index (χ4v) is 3.52. The van der Waals surface area contributed by atoms with Gasteiger partial charge in [0.25, 0.3) is 0 Å². The van der Waals surface area contributed by atoms with Crippen LogP contribution in [0.5, 0.6) is 0 Å². The molecule has 9 nitrogen and oxygen atoms in total. The Kier molecular flexibility index (Phi) is 6.70. The molecule has 1 aromatic carbocycles. The van der Waals surface area contributed by atoms with Crippen molar-refractivity contribution in [2.45, 2.75) is 12.5 Å². The summed E-state index contributed by atoms with van der Waals surface area (Å²) in [6.07, 6.45) is -0.868. The lowest BCUT2D eigenvalue weighted by Gasteiger charge is -2.36. The number of carboxylic acid groups (broad SMARTS) is 1. The van der Waals surface area contributed by atoms with E-state index in [1.165, 1.54) is 11.0 Å². The lowest BCUT2D eigenvalue weighted by molar-refractivity contribution is -0.137. The third-order valence-corrected chi connectivity index (χ3v) is 5.12. The van der Waals surface area contributed by atoms with Gasteiger partial charge in [0, 0.05) is 32.7 Å². The van der Waals surface area contributed by atoms with Crippen LogP contribution in [0.3, 0.4) is 0 Å². The van der Waals surface area contributed by atoms with Crippen molar-refractivity contribution in [1.82, 2.24) is 10.2 Å². The summed E-state index contributed by atoms with van der Waals surface area (Å²) >= 11 is 4.74. The van der Waals surface area contributed by atoms with Crippen molar-refractivity contribution in [1.29, 1.82) is 0 Å². The van der Waals surface area contributed by atoms with Crippen molar-refractivity contribution in [3.8, 4) is 0 Å². The van der Waals surface area contributed by atoms with Gasteiger partial charge in [-0.25, -0.2) is 9.18 Å². The molecule has 2 aliphatic heterocycles.